The Hall–Kier alpha value is -7.42. The first-order valence-electron chi connectivity index (χ1n) is 20.1. The highest BCUT2D eigenvalue weighted by Gasteiger charge is 2.43. The molecule has 58 heavy (non-hydrogen) atoms. The standard InChI is InChI=1S/C56H37NO/c1-56(50-24-12-9-21-45(50)46-22-10-13-25-51(46)56)52-34-33-48-47-23-11-14-26-53(47)58-55(48)54(52)57(38-29-27-37(28-30-38)36-15-3-2-4-16-36)39-31-32-44-42-19-6-5-17-40(42)41-18-7-8-20-43(41)49(44)35-39/h2-35H,1H3. The second-order valence-corrected chi connectivity index (χ2v) is 15.7. The maximum atomic E-state index is 7.10. The third kappa shape index (κ3) is 4.66. The van der Waals surface area contributed by atoms with Gasteiger partial charge in [0.2, 0.25) is 0 Å². The van der Waals surface area contributed by atoms with Crippen molar-refractivity contribution in [2.45, 2.75) is 12.3 Å². The Balaban J connectivity index is 1.21. The first kappa shape index (κ1) is 32.8. The lowest BCUT2D eigenvalue weighted by atomic mass is 9.73. The number of hydrogen-bond donors (Lipinski definition) is 0. The Morgan fingerprint density at radius 1 is 0.362 bits per heavy atom. The first-order chi connectivity index (χ1) is 28.7. The van der Waals surface area contributed by atoms with Crippen molar-refractivity contribution in [1.82, 2.24) is 0 Å². The molecule has 1 aromatic heterocycles. The molecule has 0 N–H and O–H groups in total. The molecule has 0 unspecified atom stereocenters. The molecular weight excluding hydrogens is 703 g/mol. The number of anilines is 3. The van der Waals surface area contributed by atoms with E-state index in [1.165, 1.54) is 71.3 Å². The number of benzene rings is 10. The Bertz CT molecular complexity index is 3330. The summed E-state index contributed by atoms with van der Waals surface area (Å²) in [6.45, 7) is 2.40. The zero-order valence-corrected chi connectivity index (χ0v) is 32.0. The molecule has 10 aromatic carbocycles. The second-order valence-electron chi connectivity index (χ2n) is 15.7. The lowest BCUT2D eigenvalue weighted by molar-refractivity contribution is 0.662. The summed E-state index contributed by atoms with van der Waals surface area (Å²) in [5.41, 5.74) is 13.1. The monoisotopic (exact) mass is 739 g/mol. The van der Waals surface area contributed by atoms with Crippen LogP contribution >= 0.6 is 0 Å². The molecule has 0 radical (unpaired) electrons. The van der Waals surface area contributed by atoms with Crippen LogP contribution in [0.4, 0.5) is 17.1 Å². The second kappa shape index (κ2) is 12.5. The fourth-order valence-corrected chi connectivity index (χ4v) is 10.0. The highest BCUT2D eigenvalue weighted by atomic mass is 16.3. The molecule has 0 spiro atoms. The van der Waals surface area contributed by atoms with Gasteiger partial charge < -0.3 is 9.32 Å². The van der Waals surface area contributed by atoms with E-state index in [1.54, 1.807) is 0 Å². The number of fused-ring (bicyclic) bond motifs is 12. The summed E-state index contributed by atoms with van der Waals surface area (Å²) in [4.78, 5) is 2.47. The van der Waals surface area contributed by atoms with E-state index in [-0.39, 0.29) is 0 Å². The highest BCUT2D eigenvalue weighted by Crippen LogP contribution is 2.57. The van der Waals surface area contributed by atoms with Gasteiger partial charge >= 0.3 is 0 Å². The minimum Gasteiger partial charge on any atom is -0.454 e. The van der Waals surface area contributed by atoms with E-state index in [9.17, 15) is 0 Å². The van der Waals surface area contributed by atoms with Crippen LogP contribution in [-0.4, -0.2) is 0 Å². The first-order valence-corrected chi connectivity index (χ1v) is 20.1. The molecule has 0 atom stereocenters. The summed E-state index contributed by atoms with van der Waals surface area (Å²) >= 11 is 0. The van der Waals surface area contributed by atoms with E-state index in [2.05, 4.69) is 218 Å². The molecule has 1 heterocycles. The van der Waals surface area contributed by atoms with E-state index in [0.29, 0.717) is 0 Å². The van der Waals surface area contributed by atoms with Crippen LogP contribution in [-0.2, 0) is 5.41 Å². The fourth-order valence-electron chi connectivity index (χ4n) is 10.0. The molecule has 2 heteroatoms. The third-order valence-electron chi connectivity index (χ3n) is 12.7. The lowest BCUT2D eigenvalue weighted by Crippen LogP contribution is -2.26. The van der Waals surface area contributed by atoms with Crippen molar-refractivity contribution < 1.29 is 4.42 Å². The van der Waals surface area contributed by atoms with Gasteiger partial charge in [0.15, 0.2) is 5.58 Å². The largest absolute Gasteiger partial charge is 0.454 e. The van der Waals surface area contributed by atoms with Crippen LogP contribution in [0.5, 0.6) is 0 Å². The SMILES string of the molecule is CC1(c2ccc3c(oc4ccccc43)c2N(c2ccc(-c3ccccc3)cc2)c2ccc3c4ccccc4c4ccccc4c3c2)c2ccccc2-c2ccccc21. The van der Waals surface area contributed by atoms with E-state index in [0.717, 1.165) is 39.0 Å². The molecule has 0 saturated carbocycles. The van der Waals surface area contributed by atoms with E-state index < -0.39 is 5.41 Å². The molecule has 0 amide bonds. The molecule has 0 saturated heterocycles. The average molecular weight is 740 g/mol. The van der Waals surface area contributed by atoms with Crippen molar-refractivity contribution in [2.75, 3.05) is 4.90 Å². The molecule has 0 bridgehead atoms. The molecular formula is C56H37NO. The average Bonchev–Trinajstić information content (AvgIpc) is 3.80. The molecule has 1 aliphatic rings. The van der Waals surface area contributed by atoms with E-state index in [4.69, 9.17) is 4.42 Å². The van der Waals surface area contributed by atoms with Gasteiger partial charge in [-0.2, -0.15) is 0 Å². The zero-order chi connectivity index (χ0) is 38.4. The summed E-state index contributed by atoms with van der Waals surface area (Å²) < 4.78 is 7.10. The third-order valence-corrected chi connectivity index (χ3v) is 12.7. The van der Waals surface area contributed by atoms with Crippen LogP contribution in [0.25, 0.3) is 76.5 Å². The molecule has 2 nitrogen and oxygen atoms in total. The topological polar surface area (TPSA) is 16.4 Å². The Morgan fingerprint density at radius 3 is 1.50 bits per heavy atom. The van der Waals surface area contributed by atoms with Crippen molar-refractivity contribution in [2.24, 2.45) is 0 Å². The van der Waals surface area contributed by atoms with Crippen LogP contribution in [0.1, 0.15) is 23.6 Å². The van der Waals surface area contributed by atoms with Crippen LogP contribution < -0.4 is 4.90 Å². The maximum absolute atomic E-state index is 7.10. The summed E-state index contributed by atoms with van der Waals surface area (Å²) in [6.07, 6.45) is 0. The van der Waals surface area contributed by atoms with Crippen LogP contribution in [0.2, 0.25) is 0 Å². The minimum atomic E-state index is -0.488. The molecule has 11 aromatic rings. The van der Waals surface area contributed by atoms with Gasteiger partial charge in [-0.1, -0.05) is 176 Å². The van der Waals surface area contributed by atoms with Crippen molar-refractivity contribution in [3.05, 3.63) is 223 Å². The van der Waals surface area contributed by atoms with E-state index >= 15 is 0 Å². The quantitative estimate of drug-likeness (QED) is 0.163. The van der Waals surface area contributed by atoms with Gasteiger partial charge in [0.1, 0.15) is 5.58 Å². The lowest BCUT2D eigenvalue weighted by Gasteiger charge is -2.35. The number of nitrogens with zero attached hydrogens (tertiary/aromatic N) is 1. The van der Waals surface area contributed by atoms with Gasteiger partial charge in [0, 0.05) is 27.6 Å². The van der Waals surface area contributed by atoms with Gasteiger partial charge in [-0.15, -0.1) is 0 Å². The van der Waals surface area contributed by atoms with Crippen LogP contribution in [0, 0.1) is 0 Å². The molecule has 12 rings (SSSR count). The van der Waals surface area contributed by atoms with Gasteiger partial charge in [-0.3, -0.25) is 0 Å². The predicted molar refractivity (Wildman–Crippen MR) is 244 cm³/mol. The number of rotatable bonds is 5. The van der Waals surface area contributed by atoms with Crippen molar-refractivity contribution in [3.8, 4) is 22.3 Å². The van der Waals surface area contributed by atoms with Gasteiger partial charge in [-0.25, -0.2) is 0 Å². The summed E-state index contributed by atoms with van der Waals surface area (Å²) in [5.74, 6) is 0. The highest BCUT2D eigenvalue weighted by molar-refractivity contribution is 6.26. The Morgan fingerprint density at radius 2 is 0.845 bits per heavy atom. The Kier molecular flexibility index (Phi) is 7.09. The molecule has 272 valence electrons. The van der Waals surface area contributed by atoms with E-state index in [1.807, 2.05) is 0 Å². The predicted octanol–water partition coefficient (Wildman–Crippen LogP) is 15.5. The van der Waals surface area contributed by atoms with Crippen LogP contribution in [0.15, 0.2) is 211 Å². The summed E-state index contributed by atoms with van der Waals surface area (Å²) in [5, 5.41) is 9.70. The number of furan rings is 1. The molecule has 0 aliphatic heterocycles. The summed E-state index contributed by atoms with van der Waals surface area (Å²) in [6, 6.07) is 75.3. The van der Waals surface area contributed by atoms with Gasteiger partial charge in [-0.05, 0) is 109 Å². The van der Waals surface area contributed by atoms with Crippen LogP contribution in [0.3, 0.4) is 0 Å². The molecule has 1 aliphatic carbocycles. The normalized spacial score (nSPS) is 13.1. The Labute approximate surface area is 336 Å². The fraction of sp³-hybridized carbons (Fsp3) is 0.0357. The minimum absolute atomic E-state index is 0.488. The summed E-state index contributed by atoms with van der Waals surface area (Å²) in [7, 11) is 0. The van der Waals surface area contributed by atoms with Crippen molar-refractivity contribution >= 4 is 71.3 Å². The van der Waals surface area contributed by atoms with Gasteiger partial charge in [0.25, 0.3) is 0 Å². The number of hydrogen-bond acceptors (Lipinski definition) is 2. The maximum Gasteiger partial charge on any atom is 0.159 e. The smallest absolute Gasteiger partial charge is 0.159 e. The van der Waals surface area contributed by atoms with Gasteiger partial charge in [0.05, 0.1) is 5.69 Å². The zero-order valence-electron chi connectivity index (χ0n) is 32.0. The van der Waals surface area contributed by atoms with Crippen molar-refractivity contribution in [3.63, 3.8) is 0 Å². The molecule has 0 fully saturated rings. The van der Waals surface area contributed by atoms with Crippen molar-refractivity contribution in [1.29, 1.82) is 0 Å². The number of para-hydroxylation sites is 1.